The zero-order valence-electron chi connectivity index (χ0n) is 17.3. The van der Waals surface area contributed by atoms with Crippen LogP contribution in [-0.2, 0) is 11.2 Å². The molecule has 28 heavy (non-hydrogen) atoms. The van der Waals surface area contributed by atoms with E-state index in [4.69, 9.17) is 9.73 Å². The van der Waals surface area contributed by atoms with Gasteiger partial charge in [0, 0.05) is 12.0 Å². The molecule has 0 aromatic heterocycles. The molecule has 4 aliphatic rings. The van der Waals surface area contributed by atoms with Gasteiger partial charge in [0.15, 0.2) is 0 Å². The van der Waals surface area contributed by atoms with Gasteiger partial charge in [-0.25, -0.2) is 4.99 Å². The predicted octanol–water partition coefficient (Wildman–Crippen LogP) is 4.76. The highest BCUT2D eigenvalue weighted by Crippen LogP contribution is 2.66. The van der Waals surface area contributed by atoms with Crippen molar-refractivity contribution in [2.24, 2.45) is 22.2 Å². The predicted molar refractivity (Wildman–Crippen MR) is 112 cm³/mol. The number of hydrogen-bond donors (Lipinski definition) is 2. The molecule has 4 nitrogen and oxygen atoms in total. The molecule has 1 aliphatic heterocycles. The number of amidine groups is 1. The maximum Gasteiger partial charge on any atom is 0.285 e. The van der Waals surface area contributed by atoms with Gasteiger partial charge in [0.25, 0.3) is 6.02 Å². The number of benzene rings is 1. The lowest BCUT2D eigenvalue weighted by Gasteiger charge is -2.53. The van der Waals surface area contributed by atoms with Gasteiger partial charge in [-0.15, -0.1) is 0 Å². The largest absolute Gasteiger partial charge is 0.508 e. The molecule has 0 saturated heterocycles. The Morgan fingerprint density at radius 1 is 1.25 bits per heavy atom. The Morgan fingerprint density at radius 2 is 2.14 bits per heavy atom. The van der Waals surface area contributed by atoms with Crippen molar-refractivity contribution in [3.05, 3.63) is 29.3 Å². The molecule has 0 bridgehead atoms. The summed E-state index contributed by atoms with van der Waals surface area (Å²) in [5.74, 6) is 2.54. The van der Waals surface area contributed by atoms with Gasteiger partial charge >= 0.3 is 0 Å². The van der Waals surface area contributed by atoms with Crippen LogP contribution in [0.25, 0.3) is 0 Å². The first-order valence-corrected chi connectivity index (χ1v) is 11.4. The number of aryl methyl sites for hydroxylation is 1. The summed E-state index contributed by atoms with van der Waals surface area (Å²) in [6.07, 6.45) is 9.56. The molecular weight excluding hydrogens is 348 g/mol. The summed E-state index contributed by atoms with van der Waals surface area (Å²) in [5, 5.41) is 13.3. The minimum Gasteiger partial charge on any atom is -0.508 e. The number of nitrogens with zero attached hydrogens (tertiary/aromatic N) is 1. The number of phenols is 1. The molecule has 3 aliphatic carbocycles. The van der Waals surface area contributed by atoms with Gasteiger partial charge in [-0.05, 0) is 86.0 Å². The molecule has 5 rings (SSSR count). The minimum absolute atomic E-state index is 0.0909. The SMILES string of the molecule is CCCCNC1=NC[C@@]2(CC[C@H]3[C@@H]4CCc5cc(O)ccc5[C@H]4CC[C@@]32C)O1. The first-order valence-electron chi connectivity index (χ1n) is 11.4. The van der Waals surface area contributed by atoms with Crippen molar-refractivity contribution >= 4 is 6.02 Å². The Labute approximate surface area is 168 Å². The van der Waals surface area contributed by atoms with Crippen LogP contribution in [0.2, 0.25) is 0 Å². The molecule has 1 spiro atoms. The molecular formula is C24H34N2O2. The molecule has 4 heteroatoms. The summed E-state index contributed by atoms with van der Waals surface area (Å²) in [4.78, 5) is 4.78. The molecule has 0 amide bonds. The maximum absolute atomic E-state index is 9.88. The second-order valence-electron chi connectivity index (χ2n) is 9.79. The average Bonchev–Trinajstić information content (AvgIpc) is 3.24. The highest BCUT2D eigenvalue weighted by molar-refractivity contribution is 5.76. The van der Waals surface area contributed by atoms with Crippen LogP contribution in [0.15, 0.2) is 23.2 Å². The lowest BCUT2D eigenvalue weighted by Crippen LogP contribution is -2.53. The molecule has 0 unspecified atom stereocenters. The van der Waals surface area contributed by atoms with E-state index in [2.05, 4.69) is 25.2 Å². The second-order valence-corrected chi connectivity index (χ2v) is 9.79. The summed E-state index contributed by atoms with van der Waals surface area (Å²) >= 11 is 0. The third kappa shape index (κ3) is 2.59. The van der Waals surface area contributed by atoms with Crippen molar-refractivity contribution in [2.75, 3.05) is 13.1 Å². The molecule has 1 aromatic carbocycles. The Hall–Kier alpha value is -1.71. The number of fused-ring (bicyclic) bond motifs is 6. The molecule has 1 heterocycles. The third-order valence-corrected chi connectivity index (χ3v) is 8.58. The highest BCUT2D eigenvalue weighted by Gasteiger charge is 2.65. The van der Waals surface area contributed by atoms with E-state index in [1.165, 1.54) is 43.2 Å². The number of unbranched alkanes of at least 4 members (excludes halogenated alkanes) is 1. The van der Waals surface area contributed by atoms with Gasteiger partial charge in [0.05, 0.1) is 6.54 Å². The van der Waals surface area contributed by atoms with E-state index in [1.807, 2.05) is 12.1 Å². The lowest BCUT2D eigenvalue weighted by molar-refractivity contribution is -0.0771. The molecule has 2 fully saturated rings. The first kappa shape index (κ1) is 18.3. The van der Waals surface area contributed by atoms with Gasteiger partial charge in [-0.1, -0.05) is 26.3 Å². The summed E-state index contributed by atoms with van der Waals surface area (Å²) < 4.78 is 6.60. The molecule has 2 saturated carbocycles. The number of aliphatic imine (C=N–C) groups is 1. The topological polar surface area (TPSA) is 53.9 Å². The minimum atomic E-state index is -0.0909. The number of aromatic hydroxyl groups is 1. The summed E-state index contributed by atoms with van der Waals surface area (Å²) in [6, 6.07) is 6.87. The molecule has 0 radical (unpaired) electrons. The van der Waals surface area contributed by atoms with Crippen molar-refractivity contribution in [2.45, 2.75) is 76.7 Å². The highest BCUT2D eigenvalue weighted by atomic mass is 16.5. The molecule has 5 atom stereocenters. The van der Waals surface area contributed by atoms with Gasteiger partial charge in [-0.3, -0.25) is 0 Å². The average molecular weight is 383 g/mol. The van der Waals surface area contributed by atoms with Gasteiger partial charge < -0.3 is 15.2 Å². The molecule has 2 N–H and O–H groups in total. The van der Waals surface area contributed by atoms with E-state index in [0.29, 0.717) is 11.7 Å². The van der Waals surface area contributed by atoms with Crippen LogP contribution in [0, 0.1) is 17.3 Å². The van der Waals surface area contributed by atoms with Crippen molar-refractivity contribution in [3.63, 3.8) is 0 Å². The first-order chi connectivity index (χ1) is 13.6. The quantitative estimate of drug-likeness (QED) is 0.741. The van der Waals surface area contributed by atoms with Crippen LogP contribution in [0.4, 0.5) is 0 Å². The summed E-state index contributed by atoms with van der Waals surface area (Å²) in [5.41, 5.74) is 3.01. The van der Waals surface area contributed by atoms with Crippen LogP contribution in [-0.4, -0.2) is 29.8 Å². The van der Waals surface area contributed by atoms with Gasteiger partial charge in [0.1, 0.15) is 11.4 Å². The van der Waals surface area contributed by atoms with Crippen LogP contribution in [0.1, 0.15) is 75.8 Å². The smallest absolute Gasteiger partial charge is 0.285 e. The monoisotopic (exact) mass is 382 g/mol. The molecule has 152 valence electrons. The Morgan fingerprint density at radius 3 is 3.00 bits per heavy atom. The summed E-state index contributed by atoms with van der Waals surface area (Å²) in [6.45, 7) is 6.50. The fourth-order valence-corrected chi connectivity index (χ4v) is 7.00. The normalized spacial score (nSPS) is 38.4. The number of hydrogen-bond acceptors (Lipinski definition) is 4. The zero-order valence-corrected chi connectivity index (χ0v) is 17.3. The zero-order chi connectivity index (χ0) is 19.4. The third-order valence-electron chi connectivity index (χ3n) is 8.58. The van der Waals surface area contributed by atoms with Crippen molar-refractivity contribution in [1.82, 2.24) is 5.32 Å². The van der Waals surface area contributed by atoms with E-state index < -0.39 is 0 Å². The van der Waals surface area contributed by atoms with Crippen LogP contribution >= 0.6 is 0 Å². The number of phenolic OH excluding ortho intramolecular Hbond substituents is 1. The van der Waals surface area contributed by atoms with E-state index in [9.17, 15) is 5.11 Å². The van der Waals surface area contributed by atoms with E-state index in [0.717, 1.165) is 50.2 Å². The fraction of sp³-hybridized carbons (Fsp3) is 0.708. The second kappa shape index (κ2) is 6.67. The number of nitrogens with one attached hydrogen (secondary N) is 1. The van der Waals surface area contributed by atoms with Crippen LogP contribution in [0.5, 0.6) is 5.75 Å². The van der Waals surface area contributed by atoms with Crippen molar-refractivity contribution < 1.29 is 9.84 Å². The Bertz CT molecular complexity index is 791. The molecule has 1 aromatic rings. The standard InChI is InChI=1S/C24H34N2O2/c1-3-4-13-25-22-26-15-24(28-22)12-10-21-20-7-5-16-14-17(27)6-8-18(16)19(20)9-11-23(21,24)2/h6,8,14,19-21,27H,3-5,7,9-13,15H2,1-2H3,(H,25,26)/t19-,20-,21+,23+,24-/m1/s1. The number of ether oxygens (including phenoxy) is 1. The fourth-order valence-electron chi connectivity index (χ4n) is 7.00. The van der Waals surface area contributed by atoms with Gasteiger partial charge in [-0.2, -0.15) is 0 Å². The van der Waals surface area contributed by atoms with E-state index in [1.54, 1.807) is 0 Å². The van der Waals surface area contributed by atoms with Gasteiger partial charge in [0.2, 0.25) is 0 Å². The Kier molecular flexibility index (Phi) is 4.37. The van der Waals surface area contributed by atoms with E-state index in [-0.39, 0.29) is 11.0 Å². The van der Waals surface area contributed by atoms with Crippen LogP contribution in [0.3, 0.4) is 0 Å². The number of rotatable bonds is 3. The lowest BCUT2D eigenvalue weighted by atomic mass is 9.53. The van der Waals surface area contributed by atoms with Crippen LogP contribution < -0.4 is 5.32 Å². The summed E-state index contributed by atoms with van der Waals surface area (Å²) in [7, 11) is 0. The van der Waals surface area contributed by atoms with E-state index >= 15 is 0 Å². The maximum atomic E-state index is 9.88. The van der Waals surface area contributed by atoms with Crippen molar-refractivity contribution in [1.29, 1.82) is 0 Å². The Balaban J connectivity index is 1.36. The van der Waals surface area contributed by atoms with Crippen molar-refractivity contribution in [3.8, 4) is 5.75 Å².